The van der Waals surface area contributed by atoms with Gasteiger partial charge < -0.3 is 4.90 Å². The van der Waals surface area contributed by atoms with Crippen LogP contribution in [0.15, 0.2) is 48.5 Å². The van der Waals surface area contributed by atoms with Gasteiger partial charge in [0.15, 0.2) is 5.69 Å². The molecule has 4 rings (SSSR count). The van der Waals surface area contributed by atoms with Crippen LogP contribution in [0.3, 0.4) is 0 Å². The van der Waals surface area contributed by atoms with E-state index in [0.717, 1.165) is 49.3 Å². The Balaban J connectivity index is 1.57. The topological polar surface area (TPSA) is 56.1 Å². The number of benzene rings is 2. The van der Waals surface area contributed by atoms with Crippen LogP contribution in [0.4, 0.5) is 5.69 Å². The van der Waals surface area contributed by atoms with Crippen molar-refractivity contribution in [1.82, 2.24) is 15.1 Å². The first-order valence-electron chi connectivity index (χ1n) is 8.93. The first-order valence-corrected chi connectivity index (χ1v) is 8.93. The predicted octanol–water partition coefficient (Wildman–Crippen LogP) is 3.13. The van der Waals surface area contributed by atoms with E-state index in [1.165, 1.54) is 11.1 Å². The summed E-state index contributed by atoms with van der Waals surface area (Å²) in [7, 11) is 0. The van der Waals surface area contributed by atoms with Gasteiger partial charge in [-0.3, -0.25) is 4.90 Å². The Morgan fingerprint density at radius 1 is 1.00 bits per heavy atom. The molecule has 0 unspecified atom stereocenters. The lowest BCUT2D eigenvalue weighted by Crippen LogP contribution is -2.46. The molecule has 2 aromatic carbocycles. The fraction of sp³-hybridized carbons (Fsp3) is 0.286. The maximum Gasteiger partial charge on any atom is 0.187 e. The minimum atomic E-state index is 0.416. The summed E-state index contributed by atoms with van der Waals surface area (Å²) < 4.78 is 0. The van der Waals surface area contributed by atoms with E-state index in [9.17, 15) is 5.26 Å². The molecule has 130 valence electrons. The number of aryl methyl sites for hydroxylation is 1. The number of aromatic nitrogens is 2. The Hall–Kier alpha value is -2.97. The van der Waals surface area contributed by atoms with Crippen molar-refractivity contribution in [1.29, 1.82) is 5.26 Å². The minimum absolute atomic E-state index is 0.416. The lowest BCUT2D eigenvalue weighted by molar-refractivity contribution is 0.250. The average Bonchev–Trinajstić information content (AvgIpc) is 2.68. The highest BCUT2D eigenvalue weighted by Crippen LogP contribution is 2.29. The van der Waals surface area contributed by atoms with Crippen LogP contribution in [0.1, 0.15) is 16.8 Å². The summed E-state index contributed by atoms with van der Waals surface area (Å²) in [5.74, 6) is 0. The predicted molar refractivity (Wildman–Crippen MR) is 103 cm³/mol. The number of hydrogen-bond donors (Lipinski definition) is 0. The summed E-state index contributed by atoms with van der Waals surface area (Å²) in [6, 6.07) is 18.9. The van der Waals surface area contributed by atoms with E-state index >= 15 is 0 Å². The van der Waals surface area contributed by atoms with Crippen molar-refractivity contribution < 1.29 is 0 Å². The molecule has 1 saturated heterocycles. The molecule has 1 aliphatic heterocycles. The quantitative estimate of drug-likeness (QED) is 0.731. The molecule has 26 heavy (non-hydrogen) atoms. The molecule has 0 radical (unpaired) electrons. The molecular weight excluding hydrogens is 322 g/mol. The smallest absolute Gasteiger partial charge is 0.187 e. The highest BCUT2D eigenvalue weighted by molar-refractivity contribution is 5.94. The van der Waals surface area contributed by atoms with Gasteiger partial charge in [-0.05, 0) is 24.6 Å². The summed E-state index contributed by atoms with van der Waals surface area (Å²) >= 11 is 0. The number of fused-ring (bicyclic) bond motifs is 1. The average molecular weight is 343 g/mol. The molecule has 5 nitrogen and oxygen atoms in total. The van der Waals surface area contributed by atoms with Gasteiger partial charge in [0.25, 0.3) is 0 Å². The first-order chi connectivity index (χ1) is 12.7. The molecule has 1 fully saturated rings. The molecule has 0 N–H and O–H groups in total. The maximum absolute atomic E-state index is 9.54. The summed E-state index contributed by atoms with van der Waals surface area (Å²) in [6.07, 6.45) is 0. The zero-order valence-corrected chi connectivity index (χ0v) is 14.9. The number of piperazine rings is 1. The van der Waals surface area contributed by atoms with Crippen molar-refractivity contribution in [2.24, 2.45) is 0 Å². The molecule has 0 spiro atoms. The number of nitrogens with zero attached hydrogens (tertiary/aromatic N) is 5. The van der Waals surface area contributed by atoms with Crippen LogP contribution < -0.4 is 4.90 Å². The molecule has 0 saturated carbocycles. The molecule has 3 aromatic rings. The van der Waals surface area contributed by atoms with E-state index in [1.54, 1.807) is 0 Å². The number of anilines is 1. The molecule has 1 aliphatic rings. The van der Waals surface area contributed by atoms with Crippen LogP contribution in [0.25, 0.3) is 10.9 Å². The molecule has 0 atom stereocenters. The van der Waals surface area contributed by atoms with Crippen LogP contribution >= 0.6 is 0 Å². The Morgan fingerprint density at radius 3 is 2.50 bits per heavy atom. The fourth-order valence-electron chi connectivity index (χ4n) is 3.57. The van der Waals surface area contributed by atoms with Crippen LogP contribution in [0.2, 0.25) is 0 Å². The maximum atomic E-state index is 9.54. The Morgan fingerprint density at radius 2 is 1.77 bits per heavy atom. The third-order valence-electron chi connectivity index (χ3n) is 4.93. The van der Waals surface area contributed by atoms with Crippen LogP contribution in [0.5, 0.6) is 0 Å². The van der Waals surface area contributed by atoms with E-state index in [4.69, 9.17) is 0 Å². The lowest BCUT2D eigenvalue weighted by Gasteiger charge is -2.36. The van der Waals surface area contributed by atoms with Gasteiger partial charge in [0.05, 0.1) is 11.2 Å². The SMILES string of the molecule is Cc1ccc2nnc(C#N)c(N3CCN(Cc4ccccc4)CC3)c2c1. The molecule has 0 bridgehead atoms. The van der Waals surface area contributed by atoms with E-state index in [2.05, 4.69) is 63.3 Å². The summed E-state index contributed by atoms with van der Waals surface area (Å²) in [5, 5.41) is 18.9. The molecule has 5 heteroatoms. The van der Waals surface area contributed by atoms with Gasteiger partial charge in [-0.25, -0.2) is 0 Å². The largest absolute Gasteiger partial charge is 0.366 e. The van der Waals surface area contributed by atoms with Crippen LogP contribution in [-0.2, 0) is 6.54 Å². The van der Waals surface area contributed by atoms with Crippen molar-refractivity contribution in [2.45, 2.75) is 13.5 Å². The second kappa shape index (κ2) is 7.11. The van der Waals surface area contributed by atoms with Gasteiger partial charge in [0, 0.05) is 38.1 Å². The monoisotopic (exact) mass is 343 g/mol. The van der Waals surface area contributed by atoms with Crippen LogP contribution in [0, 0.1) is 18.3 Å². The lowest BCUT2D eigenvalue weighted by atomic mass is 10.1. The second-order valence-corrected chi connectivity index (χ2v) is 6.78. The van der Waals surface area contributed by atoms with Gasteiger partial charge in [-0.1, -0.05) is 42.0 Å². The highest BCUT2D eigenvalue weighted by atomic mass is 15.3. The van der Waals surface area contributed by atoms with Crippen molar-refractivity contribution in [3.05, 3.63) is 65.4 Å². The molecule has 1 aromatic heterocycles. The molecule has 2 heterocycles. The van der Waals surface area contributed by atoms with Gasteiger partial charge in [-0.15, -0.1) is 10.2 Å². The third-order valence-corrected chi connectivity index (χ3v) is 4.93. The number of nitriles is 1. The highest BCUT2D eigenvalue weighted by Gasteiger charge is 2.22. The van der Waals surface area contributed by atoms with Crippen molar-refractivity contribution >= 4 is 16.6 Å². The van der Waals surface area contributed by atoms with Crippen molar-refractivity contribution in [2.75, 3.05) is 31.1 Å². The van der Waals surface area contributed by atoms with Gasteiger partial charge >= 0.3 is 0 Å². The molecule has 0 amide bonds. The molecule has 0 aliphatic carbocycles. The Kier molecular flexibility index (Phi) is 4.51. The molecular formula is C21H21N5. The van der Waals surface area contributed by atoms with E-state index in [1.807, 2.05) is 18.2 Å². The standard InChI is InChI=1S/C21H21N5/c1-16-7-8-19-18(13-16)21(20(14-22)24-23-19)26-11-9-25(10-12-26)15-17-5-3-2-4-6-17/h2-8,13H,9-12,15H2,1H3. The van der Waals surface area contributed by atoms with Gasteiger partial charge in [0.1, 0.15) is 6.07 Å². The number of hydrogen-bond acceptors (Lipinski definition) is 5. The van der Waals surface area contributed by atoms with E-state index in [0.29, 0.717) is 5.69 Å². The van der Waals surface area contributed by atoms with Crippen molar-refractivity contribution in [3.63, 3.8) is 0 Å². The normalized spacial score (nSPS) is 15.2. The van der Waals surface area contributed by atoms with Gasteiger partial charge in [-0.2, -0.15) is 5.26 Å². The fourth-order valence-corrected chi connectivity index (χ4v) is 3.57. The summed E-state index contributed by atoms with van der Waals surface area (Å²) in [4.78, 5) is 4.75. The number of rotatable bonds is 3. The zero-order chi connectivity index (χ0) is 17.9. The van der Waals surface area contributed by atoms with Crippen LogP contribution in [-0.4, -0.2) is 41.3 Å². The third kappa shape index (κ3) is 3.24. The van der Waals surface area contributed by atoms with Gasteiger partial charge in [0.2, 0.25) is 0 Å². The Bertz CT molecular complexity index is 953. The van der Waals surface area contributed by atoms with E-state index in [-0.39, 0.29) is 0 Å². The first kappa shape index (κ1) is 16.5. The Labute approximate surface area is 153 Å². The van der Waals surface area contributed by atoms with Crippen molar-refractivity contribution in [3.8, 4) is 6.07 Å². The zero-order valence-electron chi connectivity index (χ0n) is 14.9. The summed E-state index contributed by atoms with van der Waals surface area (Å²) in [5.41, 5.74) is 4.69. The van der Waals surface area contributed by atoms with E-state index < -0.39 is 0 Å². The second-order valence-electron chi connectivity index (χ2n) is 6.78. The minimum Gasteiger partial charge on any atom is -0.366 e. The summed E-state index contributed by atoms with van der Waals surface area (Å²) in [6.45, 7) is 6.74.